The second kappa shape index (κ2) is 5.12. The lowest BCUT2D eigenvalue weighted by atomic mass is 10.1. The molecule has 88 valence electrons. The summed E-state index contributed by atoms with van der Waals surface area (Å²) in [6.45, 7) is 6.45. The fraction of sp³-hybridized carbons (Fsp3) is 0.462. The number of carbonyl (C=O) groups is 1. The van der Waals surface area contributed by atoms with Crippen LogP contribution in [0.5, 0.6) is 0 Å². The molecule has 0 fully saturated rings. The van der Waals surface area contributed by atoms with Crippen LogP contribution in [0.3, 0.4) is 0 Å². The normalized spacial score (nSPS) is 12.3. The molecule has 0 spiro atoms. The van der Waals surface area contributed by atoms with Crippen LogP contribution in [0.4, 0.5) is 0 Å². The van der Waals surface area contributed by atoms with Gasteiger partial charge in [-0.3, -0.25) is 4.79 Å². The Balaban J connectivity index is 2.77. The van der Waals surface area contributed by atoms with E-state index >= 15 is 0 Å². The fourth-order valence-electron chi connectivity index (χ4n) is 1.70. The van der Waals surface area contributed by atoms with Gasteiger partial charge in [0.15, 0.2) is 0 Å². The van der Waals surface area contributed by atoms with Crippen molar-refractivity contribution in [1.82, 2.24) is 4.90 Å². The molecule has 3 nitrogen and oxygen atoms in total. The zero-order chi connectivity index (χ0) is 12.3. The molecule has 1 rings (SSSR count). The predicted molar refractivity (Wildman–Crippen MR) is 66.0 cm³/mol. The number of likely N-dealkylation sites (N-methyl/N-ethyl adjacent to an activating group) is 1. The molecule has 0 aromatic heterocycles. The second-order valence-corrected chi connectivity index (χ2v) is 4.41. The molecule has 3 heteroatoms. The molecular formula is C13H20N2O. The number of rotatable bonds is 3. The van der Waals surface area contributed by atoms with Crippen LogP contribution in [-0.4, -0.2) is 23.9 Å². The third-order valence-corrected chi connectivity index (χ3v) is 2.67. The Hall–Kier alpha value is -1.35. The number of hydrogen-bond acceptors (Lipinski definition) is 2. The number of nitrogens with zero attached hydrogens (tertiary/aromatic N) is 1. The molecular weight excluding hydrogens is 200 g/mol. The monoisotopic (exact) mass is 220 g/mol. The van der Waals surface area contributed by atoms with Crippen LogP contribution in [0.15, 0.2) is 18.2 Å². The Kier molecular flexibility index (Phi) is 4.07. The minimum Gasteiger partial charge on any atom is -0.340 e. The van der Waals surface area contributed by atoms with Crippen LogP contribution in [0.1, 0.15) is 23.6 Å². The first-order chi connectivity index (χ1) is 7.41. The summed E-state index contributed by atoms with van der Waals surface area (Å²) in [6, 6.07) is 5.82. The number of carbonyl (C=O) groups excluding carboxylic acids is 1. The highest BCUT2D eigenvalue weighted by Crippen LogP contribution is 2.12. The SMILES string of the molecule is Cc1ccc(CN(C)C(=O)C(C)N)c(C)c1. The minimum absolute atomic E-state index is 0.0278. The van der Waals surface area contributed by atoms with Gasteiger partial charge in [0.25, 0.3) is 0 Å². The molecule has 1 unspecified atom stereocenters. The summed E-state index contributed by atoms with van der Waals surface area (Å²) >= 11 is 0. The lowest BCUT2D eigenvalue weighted by Crippen LogP contribution is -2.39. The molecule has 0 bridgehead atoms. The highest BCUT2D eigenvalue weighted by molar-refractivity contribution is 5.80. The Labute approximate surface area is 97.2 Å². The summed E-state index contributed by atoms with van der Waals surface area (Å²) in [5.41, 5.74) is 9.18. The number of nitrogens with two attached hydrogens (primary N) is 1. The van der Waals surface area contributed by atoms with Crippen molar-refractivity contribution < 1.29 is 4.79 Å². The van der Waals surface area contributed by atoms with E-state index in [0.717, 1.165) is 0 Å². The van der Waals surface area contributed by atoms with Gasteiger partial charge in [-0.1, -0.05) is 23.8 Å². The fourth-order valence-corrected chi connectivity index (χ4v) is 1.70. The third kappa shape index (κ3) is 3.07. The van der Waals surface area contributed by atoms with Gasteiger partial charge in [-0.05, 0) is 31.9 Å². The average molecular weight is 220 g/mol. The van der Waals surface area contributed by atoms with Crippen molar-refractivity contribution in [2.75, 3.05) is 7.05 Å². The molecule has 0 aliphatic carbocycles. The zero-order valence-electron chi connectivity index (χ0n) is 10.4. The van der Waals surface area contributed by atoms with Crippen molar-refractivity contribution in [3.8, 4) is 0 Å². The quantitative estimate of drug-likeness (QED) is 0.841. The standard InChI is InChI=1S/C13H20N2O/c1-9-5-6-12(10(2)7-9)8-15(4)13(16)11(3)14/h5-7,11H,8,14H2,1-4H3. The first-order valence-electron chi connectivity index (χ1n) is 5.48. The minimum atomic E-state index is -0.434. The molecule has 1 aromatic rings. The number of hydrogen-bond donors (Lipinski definition) is 1. The molecule has 1 aromatic carbocycles. The first kappa shape index (κ1) is 12.7. The van der Waals surface area contributed by atoms with E-state index in [1.54, 1.807) is 18.9 Å². The lowest BCUT2D eigenvalue weighted by molar-refractivity contribution is -0.131. The van der Waals surface area contributed by atoms with E-state index in [0.29, 0.717) is 6.54 Å². The van der Waals surface area contributed by atoms with Gasteiger partial charge in [0.1, 0.15) is 0 Å². The summed E-state index contributed by atoms with van der Waals surface area (Å²) in [7, 11) is 1.78. The topological polar surface area (TPSA) is 46.3 Å². The molecule has 0 saturated carbocycles. The van der Waals surface area contributed by atoms with Crippen molar-refractivity contribution in [2.45, 2.75) is 33.4 Å². The molecule has 1 atom stereocenters. The van der Waals surface area contributed by atoms with Gasteiger partial charge in [0.05, 0.1) is 6.04 Å². The van der Waals surface area contributed by atoms with Gasteiger partial charge in [-0.15, -0.1) is 0 Å². The summed E-state index contributed by atoms with van der Waals surface area (Å²) in [5, 5.41) is 0. The largest absolute Gasteiger partial charge is 0.340 e. The Morgan fingerprint density at radius 2 is 2.06 bits per heavy atom. The van der Waals surface area contributed by atoms with Crippen LogP contribution >= 0.6 is 0 Å². The number of benzene rings is 1. The van der Waals surface area contributed by atoms with E-state index < -0.39 is 6.04 Å². The maximum Gasteiger partial charge on any atom is 0.239 e. The average Bonchev–Trinajstić information content (AvgIpc) is 2.20. The summed E-state index contributed by atoms with van der Waals surface area (Å²) in [5.74, 6) is -0.0278. The highest BCUT2D eigenvalue weighted by atomic mass is 16.2. The van der Waals surface area contributed by atoms with Crippen molar-refractivity contribution in [3.05, 3.63) is 34.9 Å². The van der Waals surface area contributed by atoms with Gasteiger partial charge >= 0.3 is 0 Å². The molecule has 0 aliphatic rings. The van der Waals surface area contributed by atoms with Gasteiger partial charge in [0.2, 0.25) is 5.91 Å². The first-order valence-corrected chi connectivity index (χ1v) is 5.48. The van der Waals surface area contributed by atoms with E-state index in [1.165, 1.54) is 16.7 Å². The van der Waals surface area contributed by atoms with Crippen molar-refractivity contribution in [1.29, 1.82) is 0 Å². The maximum atomic E-state index is 11.6. The van der Waals surface area contributed by atoms with Gasteiger partial charge < -0.3 is 10.6 Å². The van der Waals surface area contributed by atoms with Crippen LogP contribution in [-0.2, 0) is 11.3 Å². The summed E-state index contributed by atoms with van der Waals surface area (Å²) in [4.78, 5) is 13.3. The smallest absolute Gasteiger partial charge is 0.239 e. The van der Waals surface area contributed by atoms with Gasteiger partial charge in [0, 0.05) is 13.6 Å². The van der Waals surface area contributed by atoms with Crippen LogP contribution in [0.25, 0.3) is 0 Å². The zero-order valence-corrected chi connectivity index (χ0v) is 10.4. The molecule has 0 radical (unpaired) electrons. The Morgan fingerprint density at radius 3 is 2.56 bits per heavy atom. The Morgan fingerprint density at radius 1 is 1.44 bits per heavy atom. The van der Waals surface area contributed by atoms with Crippen molar-refractivity contribution >= 4 is 5.91 Å². The Bertz CT molecular complexity index is 386. The molecule has 16 heavy (non-hydrogen) atoms. The molecule has 0 saturated heterocycles. The second-order valence-electron chi connectivity index (χ2n) is 4.41. The van der Waals surface area contributed by atoms with Gasteiger partial charge in [-0.25, -0.2) is 0 Å². The molecule has 0 aliphatic heterocycles. The maximum absolute atomic E-state index is 11.6. The number of aryl methyl sites for hydroxylation is 2. The van der Waals surface area contributed by atoms with Crippen LogP contribution in [0, 0.1) is 13.8 Å². The van der Waals surface area contributed by atoms with Gasteiger partial charge in [-0.2, -0.15) is 0 Å². The predicted octanol–water partition coefficient (Wildman–Crippen LogP) is 1.61. The third-order valence-electron chi connectivity index (χ3n) is 2.67. The van der Waals surface area contributed by atoms with E-state index in [2.05, 4.69) is 32.0 Å². The summed E-state index contributed by atoms with van der Waals surface area (Å²) < 4.78 is 0. The number of amides is 1. The highest BCUT2D eigenvalue weighted by Gasteiger charge is 2.14. The molecule has 1 amide bonds. The summed E-state index contributed by atoms with van der Waals surface area (Å²) in [6.07, 6.45) is 0. The van der Waals surface area contributed by atoms with Crippen molar-refractivity contribution in [2.24, 2.45) is 5.73 Å². The van der Waals surface area contributed by atoms with E-state index in [1.807, 2.05) is 0 Å². The lowest BCUT2D eigenvalue weighted by Gasteiger charge is -2.20. The van der Waals surface area contributed by atoms with Crippen molar-refractivity contribution in [3.63, 3.8) is 0 Å². The molecule has 2 N–H and O–H groups in total. The van der Waals surface area contributed by atoms with E-state index in [4.69, 9.17) is 5.73 Å². The van der Waals surface area contributed by atoms with Crippen LogP contribution < -0.4 is 5.73 Å². The van der Waals surface area contributed by atoms with E-state index in [9.17, 15) is 4.79 Å². The van der Waals surface area contributed by atoms with E-state index in [-0.39, 0.29) is 5.91 Å². The molecule has 0 heterocycles. The van der Waals surface area contributed by atoms with Crippen LogP contribution in [0.2, 0.25) is 0 Å².